The van der Waals surface area contributed by atoms with Crippen molar-refractivity contribution in [2.24, 2.45) is 0 Å². The van der Waals surface area contributed by atoms with Crippen LogP contribution in [0.25, 0.3) is 0 Å². The van der Waals surface area contributed by atoms with Crippen LogP contribution in [0.15, 0.2) is 18.2 Å². The van der Waals surface area contributed by atoms with E-state index >= 15 is 0 Å². The first-order valence-electron chi connectivity index (χ1n) is 4.44. The van der Waals surface area contributed by atoms with E-state index in [1.807, 2.05) is 0 Å². The quantitative estimate of drug-likeness (QED) is 0.595. The number of halogens is 6. The second-order valence-electron chi connectivity index (χ2n) is 3.23. The minimum atomic E-state index is -4.43. The van der Waals surface area contributed by atoms with Gasteiger partial charge in [-0.25, -0.2) is 13.2 Å². The minimum absolute atomic E-state index is 0.182. The van der Waals surface area contributed by atoms with Gasteiger partial charge in [-0.05, 0) is 17.7 Å². The summed E-state index contributed by atoms with van der Waals surface area (Å²) in [5, 5.41) is -2.30. The first-order valence-corrected chi connectivity index (χ1v) is 4.87. The van der Waals surface area contributed by atoms with Crippen molar-refractivity contribution in [3.05, 3.63) is 29.6 Å². The number of methoxy groups -OCH3 is 1. The summed E-state index contributed by atoms with van der Waals surface area (Å²) < 4.78 is 67.6. The van der Waals surface area contributed by atoms with Gasteiger partial charge in [-0.15, -0.1) is 11.6 Å². The maximum absolute atomic E-state index is 13.2. The molecule has 1 rings (SSSR count). The van der Waals surface area contributed by atoms with Gasteiger partial charge in [0.2, 0.25) is 0 Å². The van der Waals surface area contributed by atoms with Gasteiger partial charge in [0.1, 0.15) is 5.38 Å². The molecule has 1 aromatic rings. The van der Waals surface area contributed by atoms with Crippen LogP contribution in [0.2, 0.25) is 0 Å². The highest BCUT2D eigenvalue weighted by Crippen LogP contribution is 2.41. The highest BCUT2D eigenvalue weighted by atomic mass is 35.5. The van der Waals surface area contributed by atoms with Gasteiger partial charge in [0.15, 0.2) is 11.6 Å². The molecule has 0 amide bonds. The molecule has 0 saturated carbocycles. The van der Waals surface area contributed by atoms with Gasteiger partial charge in [-0.2, -0.15) is 8.78 Å². The second kappa shape index (κ2) is 5.08. The second-order valence-corrected chi connectivity index (χ2v) is 3.67. The summed E-state index contributed by atoms with van der Waals surface area (Å²) in [6.07, 6.45) is -3.92. The minimum Gasteiger partial charge on any atom is -0.494 e. The summed E-state index contributed by atoms with van der Waals surface area (Å²) in [7, 11) is 1.18. The summed E-state index contributed by atoms with van der Waals surface area (Å²) in [4.78, 5) is 0. The Morgan fingerprint density at radius 3 is 2.29 bits per heavy atom. The van der Waals surface area contributed by atoms with Crippen LogP contribution in [0, 0.1) is 5.82 Å². The van der Waals surface area contributed by atoms with E-state index in [0.717, 1.165) is 12.1 Å². The molecule has 1 aromatic carbocycles. The van der Waals surface area contributed by atoms with E-state index in [4.69, 9.17) is 11.6 Å². The summed E-state index contributed by atoms with van der Waals surface area (Å²) in [5.74, 6) is -5.55. The lowest BCUT2D eigenvalue weighted by atomic mass is 10.1. The lowest BCUT2D eigenvalue weighted by Crippen LogP contribution is -2.31. The van der Waals surface area contributed by atoms with Gasteiger partial charge in [-0.1, -0.05) is 6.07 Å². The molecular weight excluding hydrogens is 267 g/mol. The van der Waals surface area contributed by atoms with Gasteiger partial charge in [0.25, 0.3) is 0 Å². The van der Waals surface area contributed by atoms with Crippen LogP contribution in [0.5, 0.6) is 5.75 Å². The van der Waals surface area contributed by atoms with Crippen LogP contribution in [0.3, 0.4) is 0 Å². The van der Waals surface area contributed by atoms with Crippen molar-refractivity contribution in [2.45, 2.75) is 17.7 Å². The summed E-state index contributed by atoms with van der Waals surface area (Å²) in [5.41, 5.74) is -0.435. The molecule has 1 nitrogen and oxygen atoms in total. The number of benzene rings is 1. The monoisotopic (exact) mass is 274 g/mol. The predicted molar refractivity (Wildman–Crippen MR) is 52.5 cm³/mol. The van der Waals surface area contributed by atoms with Crippen molar-refractivity contribution in [1.29, 1.82) is 0 Å². The van der Waals surface area contributed by atoms with E-state index in [1.54, 1.807) is 0 Å². The van der Waals surface area contributed by atoms with E-state index in [1.165, 1.54) is 7.11 Å². The fourth-order valence-electron chi connectivity index (χ4n) is 1.17. The van der Waals surface area contributed by atoms with Crippen molar-refractivity contribution in [2.75, 3.05) is 7.11 Å². The molecule has 7 heteroatoms. The normalized spacial score (nSPS) is 13.9. The maximum Gasteiger partial charge on any atom is 0.327 e. The van der Waals surface area contributed by atoms with Gasteiger partial charge in [0.05, 0.1) is 7.11 Å². The molecule has 0 radical (unpaired) electrons. The number of hydrogen-bond donors (Lipinski definition) is 0. The third kappa shape index (κ3) is 2.80. The summed E-state index contributed by atoms with van der Waals surface area (Å²) >= 11 is 5.22. The molecule has 17 heavy (non-hydrogen) atoms. The predicted octanol–water partition coefficient (Wildman–Crippen LogP) is 4.01. The summed E-state index contributed by atoms with van der Waals surface area (Å²) in [6.45, 7) is 0. The van der Waals surface area contributed by atoms with Crippen molar-refractivity contribution in [3.63, 3.8) is 0 Å². The van der Waals surface area contributed by atoms with E-state index < -0.39 is 29.1 Å². The fourth-order valence-corrected chi connectivity index (χ4v) is 1.40. The third-order valence-corrected chi connectivity index (χ3v) is 2.64. The molecule has 0 heterocycles. The molecule has 1 unspecified atom stereocenters. The van der Waals surface area contributed by atoms with E-state index in [2.05, 4.69) is 4.74 Å². The number of rotatable bonds is 4. The zero-order valence-electron chi connectivity index (χ0n) is 8.56. The Balaban J connectivity index is 3.05. The third-order valence-electron chi connectivity index (χ3n) is 2.10. The van der Waals surface area contributed by atoms with Crippen molar-refractivity contribution in [3.8, 4) is 5.75 Å². The molecule has 0 aliphatic heterocycles. The lowest BCUT2D eigenvalue weighted by molar-refractivity contribution is -0.130. The Morgan fingerprint density at radius 2 is 1.88 bits per heavy atom. The average Bonchev–Trinajstić information content (AvgIpc) is 2.27. The molecular formula is C10H8ClF5O. The molecule has 0 aliphatic rings. The number of ether oxygens (including phenoxy) is 1. The van der Waals surface area contributed by atoms with Gasteiger partial charge in [0, 0.05) is 0 Å². The molecule has 0 spiro atoms. The van der Waals surface area contributed by atoms with Crippen LogP contribution < -0.4 is 4.74 Å². The Morgan fingerprint density at radius 1 is 1.29 bits per heavy atom. The van der Waals surface area contributed by atoms with Crippen LogP contribution in [0.1, 0.15) is 10.9 Å². The standard InChI is InChI=1S/C10H8ClF5O/c1-17-7-3-2-5(4-6(7)12)8(11)10(15,16)9(13)14/h2-4,8-9H,1H3. The van der Waals surface area contributed by atoms with E-state index in [9.17, 15) is 22.0 Å². The Hall–Kier alpha value is -1.04. The van der Waals surface area contributed by atoms with Crippen LogP contribution >= 0.6 is 11.6 Å². The zero-order chi connectivity index (χ0) is 13.2. The largest absolute Gasteiger partial charge is 0.494 e. The van der Waals surface area contributed by atoms with Crippen LogP contribution in [-0.4, -0.2) is 19.5 Å². The highest BCUT2D eigenvalue weighted by molar-refractivity contribution is 6.21. The Kier molecular flexibility index (Phi) is 4.19. The van der Waals surface area contributed by atoms with Crippen molar-refractivity contribution >= 4 is 11.6 Å². The van der Waals surface area contributed by atoms with Crippen LogP contribution in [-0.2, 0) is 0 Å². The highest BCUT2D eigenvalue weighted by Gasteiger charge is 2.48. The number of hydrogen-bond acceptors (Lipinski definition) is 1. The maximum atomic E-state index is 13.2. The molecule has 0 aliphatic carbocycles. The fraction of sp³-hybridized carbons (Fsp3) is 0.400. The number of alkyl halides is 5. The van der Waals surface area contributed by atoms with Crippen LogP contribution in [0.4, 0.5) is 22.0 Å². The smallest absolute Gasteiger partial charge is 0.327 e. The van der Waals surface area contributed by atoms with Gasteiger partial charge >= 0.3 is 12.3 Å². The van der Waals surface area contributed by atoms with E-state index in [-0.39, 0.29) is 5.75 Å². The molecule has 0 fully saturated rings. The Labute approximate surface area is 99.1 Å². The SMILES string of the molecule is COc1ccc(C(Cl)C(F)(F)C(F)F)cc1F. The first kappa shape index (κ1) is 14.0. The summed E-state index contributed by atoms with van der Waals surface area (Å²) in [6, 6.07) is 2.70. The zero-order valence-corrected chi connectivity index (χ0v) is 9.32. The Bertz CT molecular complexity index is 396. The van der Waals surface area contributed by atoms with Gasteiger partial charge in [-0.3, -0.25) is 0 Å². The molecule has 0 saturated heterocycles. The first-order chi connectivity index (χ1) is 7.80. The molecule has 0 aromatic heterocycles. The molecule has 96 valence electrons. The topological polar surface area (TPSA) is 9.23 Å². The lowest BCUT2D eigenvalue weighted by Gasteiger charge is -2.21. The van der Waals surface area contributed by atoms with Gasteiger partial charge < -0.3 is 4.74 Å². The van der Waals surface area contributed by atoms with Crippen molar-refractivity contribution < 1.29 is 26.7 Å². The molecule has 0 bridgehead atoms. The average molecular weight is 275 g/mol. The molecule has 0 N–H and O–H groups in total. The van der Waals surface area contributed by atoms with E-state index in [0.29, 0.717) is 6.07 Å². The van der Waals surface area contributed by atoms with Crippen molar-refractivity contribution in [1.82, 2.24) is 0 Å². The molecule has 1 atom stereocenters.